The molecule has 102 valence electrons. The quantitative estimate of drug-likeness (QED) is 0.562. The molecule has 0 spiro atoms. The fraction of sp³-hybridized carbons (Fsp3) is 0.750. The number of likely N-dealkylation sites (N-methyl/N-ethyl adjacent to an activating group) is 2. The van der Waals surface area contributed by atoms with Crippen molar-refractivity contribution in [3.05, 3.63) is 18.0 Å². The highest BCUT2D eigenvalue weighted by Gasteiger charge is 2.25. The molecule has 1 saturated heterocycles. The van der Waals surface area contributed by atoms with E-state index in [0.29, 0.717) is 6.04 Å². The van der Waals surface area contributed by atoms with Gasteiger partial charge in [0.2, 0.25) is 0 Å². The van der Waals surface area contributed by atoms with Gasteiger partial charge in [-0.3, -0.25) is 16.0 Å². The molecule has 0 bridgehead atoms. The lowest BCUT2D eigenvalue weighted by atomic mass is 10.00. The Morgan fingerprint density at radius 3 is 2.83 bits per heavy atom. The zero-order chi connectivity index (χ0) is 13.1. The molecule has 3 N–H and O–H groups in total. The average molecular weight is 252 g/mol. The Bertz CT molecular complexity index is 376. The Balaban J connectivity index is 2.01. The number of nitrogens with two attached hydrogens (primary N) is 1. The van der Waals surface area contributed by atoms with E-state index in [1.807, 2.05) is 24.1 Å². The molecule has 1 aliphatic rings. The Morgan fingerprint density at radius 1 is 1.44 bits per heavy atom. The van der Waals surface area contributed by atoms with Crippen molar-refractivity contribution in [3.63, 3.8) is 0 Å². The van der Waals surface area contributed by atoms with E-state index in [4.69, 9.17) is 5.84 Å². The van der Waals surface area contributed by atoms with E-state index in [1.54, 1.807) is 0 Å². The molecule has 1 aromatic heterocycles. The first-order valence-corrected chi connectivity index (χ1v) is 6.43. The van der Waals surface area contributed by atoms with Gasteiger partial charge in [0.1, 0.15) is 0 Å². The van der Waals surface area contributed by atoms with Gasteiger partial charge in [0, 0.05) is 44.5 Å². The summed E-state index contributed by atoms with van der Waals surface area (Å²) in [6.45, 7) is 3.35. The normalized spacial score (nSPS) is 24.3. The van der Waals surface area contributed by atoms with Gasteiger partial charge in [-0.05, 0) is 20.5 Å². The highest BCUT2D eigenvalue weighted by atomic mass is 15.3. The summed E-state index contributed by atoms with van der Waals surface area (Å²) in [5, 5.41) is 4.21. The second kappa shape index (κ2) is 5.79. The summed E-state index contributed by atoms with van der Waals surface area (Å²) in [6.07, 6.45) is 4.91. The summed E-state index contributed by atoms with van der Waals surface area (Å²) in [6, 6.07) is 0.697. The van der Waals surface area contributed by atoms with E-state index >= 15 is 0 Å². The lowest BCUT2D eigenvalue weighted by Gasteiger charge is -2.39. The van der Waals surface area contributed by atoms with Crippen LogP contribution in [0.1, 0.15) is 18.0 Å². The molecular formula is C12H24N6. The molecule has 1 aliphatic heterocycles. The molecule has 0 amide bonds. The van der Waals surface area contributed by atoms with Gasteiger partial charge >= 0.3 is 0 Å². The van der Waals surface area contributed by atoms with Crippen molar-refractivity contribution in [3.8, 4) is 0 Å². The molecule has 0 saturated carbocycles. The summed E-state index contributed by atoms with van der Waals surface area (Å²) in [7, 11) is 6.29. The van der Waals surface area contributed by atoms with Gasteiger partial charge < -0.3 is 9.80 Å². The van der Waals surface area contributed by atoms with Crippen LogP contribution in [0.25, 0.3) is 0 Å². The minimum absolute atomic E-state index is 0.164. The predicted octanol–water partition coefficient (Wildman–Crippen LogP) is -0.440. The largest absolute Gasteiger partial charge is 0.304 e. The van der Waals surface area contributed by atoms with Gasteiger partial charge in [-0.2, -0.15) is 5.10 Å². The van der Waals surface area contributed by atoms with Crippen LogP contribution in [0.4, 0.5) is 0 Å². The number of nitrogens with zero attached hydrogens (tertiary/aromatic N) is 4. The van der Waals surface area contributed by atoms with Crippen molar-refractivity contribution in [2.75, 3.05) is 33.7 Å². The number of hydrogen-bond acceptors (Lipinski definition) is 5. The van der Waals surface area contributed by atoms with Gasteiger partial charge in [-0.1, -0.05) is 0 Å². The van der Waals surface area contributed by atoms with Crippen LogP contribution in [0.15, 0.2) is 12.4 Å². The topological polar surface area (TPSA) is 62.4 Å². The Kier molecular flexibility index (Phi) is 4.34. The van der Waals surface area contributed by atoms with Crippen LogP contribution in [0.5, 0.6) is 0 Å². The van der Waals surface area contributed by atoms with Gasteiger partial charge in [0.25, 0.3) is 0 Å². The maximum atomic E-state index is 5.69. The fourth-order valence-electron chi connectivity index (χ4n) is 2.55. The summed E-state index contributed by atoms with van der Waals surface area (Å²) in [5.41, 5.74) is 4.07. The van der Waals surface area contributed by atoms with E-state index in [-0.39, 0.29) is 6.04 Å². The Labute approximate surface area is 109 Å². The van der Waals surface area contributed by atoms with Crippen molar-refractivity contribution in [2.24, 2.45) is 12.9 Å². The minimum atomic E-state index is 0.164. The van der Waals surface area contributed by atoms with Crippen molar-refractivity contribution >= 4 is 0 Å². The smallest absolute Gasteiger partial charge is 0.0538 e. The summed E-state index contributed by atoms with van der Waals surface area (Å²) >= 11 is 0. The summed E-state index contributed by atoms with van der Waals surface area (Å²) < 4.78 is 1.82. The zero-order valence-corrected chi connectivity index (χ0v) is 11.5. The molecule has 2 atom stereocenters. The lowest BCUT2D eigenvalue weighted by molar-refractivity contribution is 0.101. The average Bonchev–Trinajstić information content (AvgIpc) is 2.77. The van der Waals surface area contributed by atoms with Crippen molar-refractivity contribution < 1.29 is 0 Å². The van der Waals surface area contributed by atoms with Crippen molar-refractivity contribution in [2.45, 2.75) is 18.5 Å². The maximum absolute atomic E-state index is 5.69. The molecule has 6 heteroatoms. The number of aryl methyl sites for hydroxylation is 1. The second-order valence-corrected chi connectivity index (χ2v) is 5.30. The molecule has 1 aromatic rings. The van der Waals surface area contributed by atoms with E-state index < -0.39 is 0 Å². The first-order chi connectivity index (χ1) is 8.60. The van der Waals surface area contributed by atoms with Crippen LogP contribution in [0.2, 0.25) is 0 Å². The lowest BCUT2D eigenvalue weighted by Crippen LogP contribution is -2.51. The highest BCUT2D eigenvalue weighted by molar-refractivity contribution is 5.10. The zero-order valence-electron chi connectivity index (χ0n) is 11.5. The third-order valence-corrected chi connectivity index (χ3v) is 3.82. The third-order valence-electron chi connectivity index (χ3n) is 3.82. The van der Waals surface area contributed by atoms with E-state index in [0.717, 1.165) is 31.6 Å². The molecular weight excluding hydrogens is 228 g/mol. The highest BCUT2D eigenvalue weighted by Crippen LogP contribution is 2.21. The monoisotopic (exact) mass is 252 g/mol. The molecule has 0 radical (unpaired) electrons. The van der Waals surface area contributed by atoms with Crippen LogP contribution < -0.4 is 11.3 Å². The number of nitrogens with one attached hydrogen (secondary N) is 1. The van der Waals surface area contributed by atoms with E-state index in [2.05, 4.69) is 34.4 Å². The summed E-state index contributed by atoms with van der Waals surface area (Å²) in [5.74, 6) is 5.69. The maximum Gasteiger partial charge on any atom is 0.0538 e. The minimum Gasteiger partial charge on any atom is -0.304 e. The number of aromatic nitrogens is 2. The standard InChI is InChI=1S/C12H24N6/c1-16-4-5-17(2)11(9-16)6-12(15-13)10-7-14-18(3)8-10/h7-8,11-12,15H,4-6,9,13H2,1-3H3. The number of rotatable bonds is 4. The van der Waals surface area contributed by atoms with Gasteiger partial charge in [0.05, 0.1) is 12.2 Å². The van der Waals surface area contributed by atoms with Crippen molar-refractivity contribution in [1.82, 2.24) is 25.0 Å². The Hall–Kier alpha value is -0.950. The molecule has 2 heterocycles. The molecule has 18 heavy (non-hydrogen) atoms. The molecule has 2 rings (SSSR count). The van der Waals surface area contributed by atoms with Crippen LogP contribution in [0, 0.1) is 0 Å². The van der Waals surface area contributed by atoms with E-state index in [9.17, 15) is 0 Å². The fourth-order valence-corrected chi connectivity index (χ4v) is 2.55. The van der Waals surface area contributed by atoms with E-state index in [1.165, 1.54) is 0 Å². The predicted molar refractivity (Wildman–Crippen MR) is 71.8 cm³/mol. The SMILES string of the molecule is CN1CCN(C)C(CC(NN)c2cnn(C)c2)C1. The van der Waals surface area contributed by atoms with Gasteiger partial charge in [-0.15, -0.1) is 0 Å². The second-order valence-electron chi connectivity index (χ2n) is 5.30. The first-order valence-electron chi connectivity index (χ1n) is 6.43. The molecule has 0 aromatic carbocycles. The van der Waals surface area contributed by atoms with Gasteiger partial charge in [-0.25, -0.2) is 0 Å². The number of piperazine rings is 1. The first kappa shape index (κ1) is 13.5. The number of hydrogen-bond donors (Lipinski definition) is 2. The Morgan fingerprint density at radius 2 is 2.22 bits per heavy atom. The third kappa shape index (κ3) is 3.08. The van der Waals surface area contributed by atoms with Crippen LogP contribution in [-0.2, 0) is 7.05 Å². The summed E-state index contributed by atoms with van der Waals surface area (Å²) in [4.78, 5) is 4.79. The number of hydrazine groups is 1. The molecule has 0 aliphatic carbocycles. The van der Waals surface area contributed by atoms with Gasteiger partial charge in [0.15, 0.2) is 0 Å². The van der Waals surface area contributed by atoms with Crippen LogP contribution in [-0.4, -0.2) is 59.4 Å². The molecule has 1 fully saturated rings. The van der Waals surface area contributed by atoms with Crippen molar-refractivity contribution in [1.29, 1.82) is 0 Å². The van der Waals surface area contributed by atoms with Crippen LogP contribution in [0.3, 0.4) is 0 Å². The molecule has 2 unspecified atom stereocenters. The molecule has 6 nitrogen and oxygen atoms in total. The van der Waals surface area contributed by atoms with Crippen LogP contribution >= 0.6 is 0 Å².